The highest BCUT2D eigenvalue weighted by molar-refractivity contribution is 5.91. The van der Waals surface area contributed by atoms with Crippen molar-refractivity contribution < 1.29 is 4.79 Å². The number of rotatable bonds is 6. The van der Waals surface area contributed by atoms with Crippen molar-refractivity contribution in [3.05, 3.63) is 66.5 Å². The van der Waals surface area contributed by atoms with Gasteiger partial charge >= 0.3 is 0 Å². The molecule has 0 bridgehead atoms. The molecule has 3 N–H and O–H groups in total. The second-order valence-electron chi connectivity index (χ2n) is 7.22. The van der Waals surface area contributed by atoms with E-state index >= 15 is 0 Å². The monoisotopic (exact) mass is 361 g/mol. The number of carbonyl (C=O) groups excluding carboxylic acids is 1. The summed E-state index contributed by atoms with van der Waals surface area (Å²) in [7, 11) is 0. The van der Waals surface area contributed by atoms with E-state index in [1.807, 2.05) is 67.6 Å². The van der Waals surface area contributed by atoms with Crippen molar-refractivity contribution in [2.24, 2.45) is 11.7 Å². The van der Waals surface area contributed by atoms with Gasteiger partial charge in [-0.1, -0.05) is 48.5 Å². The fourth-order valence-corrected chi connectivity index (χ4v) is 3.29. The summed E-state index contributed by atoms with van der Waals surface area (Å²) in [5.74, 6) is 0.920. The van der Waals surface area contributed by atoms with Crippen LogP contribution in [0, 0.1) is 5.92 Å². The number of nitrogens with zero attached hydrogens (tertiary/aromatic N) is 3. The summed E-state index contributed by atoms with van der Waals surface area (Å²) < 4.78 is 1.71. The Hall–Kier alpha value is -2.99. The van der Waals surface area contributed by atoms with E-state index in [9.17, 15) is 4.79 Å². The van der Waals surface area contributed by atoms with Crippen LogP contribution in [-0.4, -0.2) is 32.8 Å². The molecule has 138 valence electrons. The number of carbonyl (C=O) groups is 1. The predicted octanol–water partition coefficient (Wildman–Crippen LogP) is 2.79. The van der Waals surface area contributed by atoms with E-state index in [2.05, 4.69) is 15.4 Å². The van der Waals surface area contributed by atoms with Crippen LogP contribution in [0.2, 0.25) is 0 Å². The maximum atomic E-state index is 12.9. The Bertz CT molecular complexity index is 877. The highest BCUT2D eigenvalue weighted by Gasteiger charge is 2.42. The summed E-state index contributed by atoms with van der Waals surface area (Å²) in [6.07, 6.45) is 2.18. The molecule has 1 aliphatic rings. The molecule has 1 unspecified atom stereocenters. The van der Waals surface area contributed by atoms with Crippen molar-refractivity contribution in [1.29, 1.82) is 0 Å². The minimum absolute atomic E-state index is 0.151. The van der Waals surface area contributed by atoms with Crippen molar-refractivity contribution in [2.45, 2.75) is 25.3 Å². The van der Waals surface area contributed by atoms with Crippen LogP contribution < -0.4 is 11.1 Å². The molecule has 1 aromatic heterocycles. The van der Waals surface area contributed by atoms with Crippen molar-refractivity contribution >= 4 is 5.91 Å². The molecule has 1 saturated carbocycles. The maximum Gasteiger partial charge on any atom is 0.291 e. The van der Waals surface area contributed by atoms with Gasteiger partial charge in [-0.15, -0.1) is 5.10 Å². The fourth-order valence-electron chi connectivity index (χ4n) is 3.29. The van der Waals surface area contributed by atoms with Gasteiger partial charge in [-0.25, -0.2) is 9.67 Å². The highest BCUT2D eigenvalue weighted by atomic mass is 16.2. The molecule has 0 radical (unpaired) electrons. The molecule has 4 rings (SSSR count). The number of aromatic nitrogens is 3. The van der Waals surface area contributed by atoms with Gasteiger partial charge in [0.15, 0.2) is 5.82 Å². The molecule has 1 fully saturated rings. The van der Waals surface area contributed by atoms with Crippen LogP contribution in [-0.2, 0) is 0 Å². The van der Waals surface area contributed by atoms with Crippen LogP contribution in [0.15, 0.2) is 60.7 Å². The van der Waals surface area contributed by atoms with E-state index in [1.165, 1.54) is 0 Å². The zero-order valence-electron chi connectivity index (χ0n) is 15.3. The summed E-state index contributed by atoms with van der Waals surface area (Å²) >= 11 is 0. The molecule has 1 heterocycles. The van der Waals surface area contributed by atoms with Gasteiger partial charge in [-0.2, -0.15) is 0 Å². The summed E-state index contributed by atoms with van der Waals surface area (Å²) in [5.41, 5.74) is 7.27. The molecule has 3 aromatic rings. The van der Waals surface area contributed by atoms with Gasteiger partial charge in [0, 0.05) is 12.1 Å². The number of hydrogen-bond donors (Lipinski definition) is 2. The van der Waals surface area contributed by atoms with Gasteiger partial charge in [0.25, 0.3) is 5.91 Å². The van der Waals surface area contributed by atoms with Gasteiger partial charge < -0.3 is 11.1 Å². The number of hydrogen-bond acceptors (Lipinski definition) is 4. The predicted molar refractivity (Wildman–Crippen MR) is 104 cm³/mol. The highest BCUT2D eigenvalue weighted by Crippen LogP contribution is 2.39. The molecule has 0 saturated heterocycles. The zero-order valence-corrected chi connectivity index (χ0v) is 15.3. The van der Waals surface area contributed by atoms with Crippen LogP contribution in [0.4, 0.5) is 0 Å². The zero-order chi connectivity index (χ0) is 18.9. The van der Waals surface area contributed by atoms with E-state index in [1.54, 1.807) is 4.68 Å². The van der Waals surface area contributed by atoms with Gasteiger partial charge in [-0.05, 0) is 37.8 Å². The lowest BCUT2D eigenvalue weighted by molar-refractivity contribution is 0.0887. The molecule has 2 aromatic carbocycles. The van der Waals surface area contributed by atoms with Gasteiger partial charge in [-0.3, -0.25) is 4.79 Å². The third-order valence-corrected chi connectivity index (χ3v) is 5.14. The molecule has 27 heavy (non-hydrogen) atoms. The number of nitrogens with one attached hydrogen (secondary N) is 1. The van der Waals surface area contributed by atoms with E-state index < -0.39 is 5.54 Å². The lowest BCUT2D eigenvalue weighted by Gasteiger charge is -2.28. The number of benzene rings is 2. The summed E-state index contributed by atoms with van der Waals surface area (Å²) in [4.78, 5) is 17.4. The van der Waals surface area contributed by atoms with Crippen molar-refractivity contribution in [3.8, 4) is 17.1 Å². The Labute approximate surface area is 158 Å². The van der Waals surface area contributed by atoms with E-state index in [0.29, 0.717) is 18.3 Å². The molecule has 1 amide bonds. The molecule has 0 spiro atoms. The molecule has 1 aliphatic carbocycles. The first-order chi connectivity index (χ1) is 13.1. The number of para-hydroxylation sites is 1. The largest absolute Gasteiger partial charge is 0.343 e. The standard InChI is InChI=1S/C21H23N5O/c1-21(14-22,16-12-13-16)24-20(27)18-23-19(15-8-4-2-5-9-15)26(25-18)17-10-6-3-7-11-17/h2-11,16H,12-14,22H2,1H3,(H,24,27). The minimum Gasteiger partial charge on any atom is -0.343 e. The first-order valence-corrected chi connectivity index (χ1v) is 9.21. The molecule has 6 heteroatoms. The summed E-state index contributed by atoms with van der Waals surface area (Å²) in [5, 5.41) is 7.57. The Morgan fingerprint density at radius 1 is 1.15 bits per heavy atom. The molecule has 1 atom stereocenters. The molecular weight excluding hydrogens is 338 g/mol. The van der Waals surface area contributed by atoms with E-state index in [4.69, 9.17) is 5.73 Å². The quantitative estimate of drug-likeness (QED) is 0.707. The molecule has 0 aliphatic heterocycles. The average molecular weight is 361 g/mol. The van der Waals surface area contributed by atoms with Crippen LogP contribution in [0.3, 0.4) is 0 Å². The smallest absolute Gasteiger partial charge is 0.291 e. The Morgan fingerprint density at radius 2 is 1.78 bits per heavy atom. The summed E-state index contributed by atoms with van der Waals surface area (Å²) in [6.45, 7) is 2.39. The third-order valence-electron chi connectivity index (χ3n) is 5.14. The first kappa shape index (κ1) is 17.4. The van der Waals surface area contributed by atoms with E-state index in [0.717, 1.165) is 24.1 Å². The van der Waals surface area contributed by atoms with Gasteiger partial charge in [0.2, 0.25) is 5.82 Å². The topological polar surface area (TPSA) is 85.8 Å². The van der Waals surface area contributed by atoms with Crippen molar-refractivity contribution in [1.82, 2.24) is 20.1 Å². The maximum absolute atomic E-state index is 12.9. The Balaban J connectivity index is 1.72. The first-order valence-electron chi connectivity index (χ1n) is 9.21. The molecule has 6 nitrogen and oxygen atoms in total. The molecular formula is C21H23N5O. The van der Waals surface area contributed by atoms with E-state index in [-0.39, 0.29) is 11.7 Å². The second-order valence-corrected chi connectivity index (χ2v) is 7.22. The minimum atomic E-state index is -0.414. The van der Waals surface area contributed by atoms with Gasteiger partial charge in [0.05, 0.1) is 11.2 Å². The third kappa shape index (κ3) is 3.48. The van der Waals surface area contributed by atoms with Gasteiger partial charge in [0.1, 0.15) is 0 Å². The van der Waals surface area contributed by atoms with Crippen molar-refractivity contribution in [2.75, 3.05) is 6.54 Å². The summed E-state index contributed by atoms with van der Waals surface area (Å²) in [6, 6.07) is 19.4. The lowest BCUT2D eigenvalue weighted by Crippen LogP contribution is -2.53. The SMILES string of the molecule is CC(CN)(NC(=O)c1nc(-c2ccccc2)n(-c2ccccc2)n1)C1CC1. The van der Waals surface area contributed by atoms with Crippen molar-refractivity contribution in [3.63, 3.8) is 0 Å². The average Bonchev–Trinajstić information content (AvgIpc) is 3.48. The second kappa shape index (κ2) is 6.96. The van der Waals surface area contributed by atoms with Crippen LogP contribution in [0.5, 0.6) is 0 Å². The van der Waals surface area contributed by atoms with Crippen LogP contribution in [0.1, 0.15) is 30.4 Å². The Morgan fingerprint density at radius 3 is 2.37 bits per heavy atom. The lowest BCUT2D eigenvalue weighted by atomic mass is 9.96. The fraction of sp³-hybridized carbons (Fsp3) is 0.286. The normalized spacial score (nSPS) is 15.9. The van der Waals surface area contributed by atoms with Crippen LogP contribution in [0.25, 0.3) is 17.1 Å². The van der Waals surface area contributed by atoms with Crippen LogP contribution >= 0.6 is 0 Å². The Kier molecular flexibility index (Phi) is 4.49. The number of nitrogens with two attached hydrogens (primary N) is 1. The number of amides is 1.